The van der Waals surface area contributed by atoms with Gasteiger partial charge in [-0.25, -0.2) is 4.79 Å². The van der Waals surface area contributed by atoms with Gasteiger partial charge in [-0.15, -0.1) is 0 Å². The average Bonchev–Trinajstić information content (AvgIpc) is 1.87. The molecule has 0 saturated carbocycles. The van der Waals surface area contributed by atoms with E-state index in [-0.39, 0.29) is 18.8 Å². The van der Waals surface area contributed by atoms with Crippen LogP contribution in [0.1, 0.15) is 13.3 Å². The molecule has 0 aliphatic carbocycles. The molecule has 0 fully saturated rings. The number of nitrogens with one attached hydrogen (secondary N) is 1. The number of rotatable bonds is 3. The molecular weight excluding hydrogens is 134 g/mol. The maximum atomic E-state index is 10.3. The zero-order valence-corrected chi connectivity index (χ0v) is 6.14. The number of ether oxygens (including phenoxy) is 1. The van der Waals surface area contributed by atoms with Crippen molar-refractivity contribution >= 4 is 11.9 Å². The molecule has 0 spiro atoms. The molecule has 10 heavy (non-hydrogen) atoms. The van der Waals surface area contributed by atoms with Crippen molar-refractivity contribution in [3.63, 3.8) is 0 Å². The number of alkyl carbamates (subject to hydrolysis) is 1. The number of carbonyl (C=O) groups excluding carboxylic acids is 2. The van der Waals surface area contributed by atoms with E-state index >= 15 is 0 Å². The second-order valence-electron chi connectivity index (χ2n) is 1.84. The van der Waals surface area contributed by atoms with Crippen molar-refractivity contribution in [2.45, 2.75) is 13.3 Å². The van der Waals surface area contributed by atoms with Crippen molar-refractivity contribution in [2.24, 2.45) is 0 Å². The summed E-state index contributed by atoms with van der Waals surface area (Å²) in [7, 11) is 1.47. The normalized spacial score (nSPS) is 8.60. The molecule has 0 heterocycles. The molecule has 0 aromatic carbocycles. The first-order valence-electron chi connectivity index (χ1n) is 3.00. The van der Waals surface area contributed by atoms with Crippen molar-refractivity contribution in [3.05, 3.63) is 0 Å². The number of hydrogen-bond donors (Lipinski definition) is 1. The number of Topliss-reactive ketones (excluding diaryl/α,β-unsaturated/α-hetero) is 1. The van der Waals surface area contributed by atoms with E-state index in [1.165, 1.54) is 14.0 Å². The van der Waals surface area contributed by atoms with E-state index in [1.54, 1.807) is 0 Å². The van der Waals surface area contributed by atoms with Crippen LogP contribution in [-0.4, -0.2) is 25.5 Å². The quantitative estimate of drug-likeness (QED) is 0.622. The molecule has 0 aromatic heterocycles. The van der Waals surface area contributed by atoms with Crippen LogP contribution < -0.4 is 5.32 Å². The Kier molecular flexibility index (Phi) is 4.28. The minimum absolute atomic E-state index is 0.0175. The van der Waals surface area contributed by atoms with Gasteiger partial charge in [-0.05, 0) is 6.92 Å². The molecule has 0 unspecified atom stereocenters. The molecule has 0 aliphatic heterocycles. The van der Waals surface area contributed by atoms with Gasteiger partial charge in [0.05, 0.1) is 0 Å². The fourth-order valence-electron chi connectivity index (χ4n) is 0.360. The molecule has 0 rings (SSSR count). The standard InChI is InChI=1S/C6H11NO3/c1-5(8)3-4-10-6(9)7-2/h3-4H2,1-2H3,(H,7,9). The third-order valence-electron chi connectivity index (χ3n) is 0.891. The summed E-state index contributed by atoms with van der Waals surface area (Å²) in [5.74, 6) is 0.0175. The summed E-state index contributed by atoms with van der Waals surface area (Å²) in [5.41, 5.74) is 0. The van der Waals surface area contributed by atoms with Crippen LogP contribution in [0.2, 0.25) is 0 Å². The highest BCUT2D eigenvalue weighted by Crippen LogP contribution is 1.83. The summed E-state index contributed by atoms with van der Waals surface area (Å²) < 4.78 is 4.53. The van der Waals surface area contributed by atoms with Crippen molar-refractivity contribution in [3.8, 4) is 0 Å². The van der Waals surface area contributed by atoms with Crippen molar-refractivity contribution < 1.29 is 14.3 Å². The van der Waals surface area contributed by atoms with E-state index in [9.17, 15) is 9.59 Å². The van der Waals surface area contributed by atoms with E-state index in [4.69, 9.17) is 0 Å². The van der Waals surface area contributed by atoms with Crippen LogP contribution in [0.4, 0.5) is 4.79 Å². The predicted molar refractivity (Wildman–Crippen MR) is 35.7 cm³/mol. The highest BCUT2D eigenvalue weighted by atomic mass is 16.5. The van der Waals surface area contributed by atoms with Crippen LogP contribution in [0.25, 0.3) is 0 Å². The van der Waals surface area contributed by atoms with Gasteiger partial charge in [0.25, 0.3) is 0 Å². The summed E-state index contributed by atoms with van der Waals surface area (Å²) in [6, 6.07) is 0. The third kappa shape index (κ3) is 5.08. The molecule has 58 valence electrons. The Morgan fingerprint density at radius 1 is 1.50 bits per heavy atom. The predicted octanol–water partition coefficient (Wildman–Crippen LogP) is 0.322. The third-order valence-corrected chi connectivity index (χ3v) is 0.891. The Morgan fingerprint density at radius 2 is 2.10 bits per heavy atom. The summed E-state index contributed by atoms with van der Waals surface area (Å²) in [4.78, 5) is 20.7. The SMILES string of the molecule is CNC(=O)OCCC(C)=O. The molecule has 0 bridgehead atoms. The van der Waals surface area contributed by atoms with Crippen molar-refractivity contribution in [1.82, 2.24) is 5.32 Å². The van der Waals surface area contributed by atoms with Crippen LogP contribution in [0, 0.1) is 0 Å². The second kappa shape index (κ2) is 4.78. The molecule has 0 aromatic rings. The number of carbonyl (C=O) groups is 2. The fourth-order valence-corrected chi connectivity index (χ4v) is 0.360. The maximum Gasteiger partial charge on any atom is 0.406 e. The van der Waals surface area contributed by atoms with Gasteiger partial charge in [-0.2, -0.15) is 0 Å². The lowest BCUT2D eigenvalue weighted by atomic mass is 10.3. The zero-order chi connectivity index (χ0) is 7.98. The molecule has 0 atom stereocenters. The van der Waals surface area contributed by atoms with Gasteiger partial charge in [0.2, 0.25) is 0 Å². The lowest BCUT2D eigenvalue weighted by molar-refractivity contribution is -0.117. The Balaban J connectivity index is 3.20. The molecule has 0 saturated heterocycles. The lowest BCUT2D eigenvalue weighted by Crippen LogP contribution is -2.20. The average molecular weight is 145 g/mol. The topological polar surface area (TPSA) is 55.4 Å². The minimum atomic E-state index is -0.499. The largest absolute Gasteiger partial charge is 0.449 e. The van der Waals surface area contributed by atoms with Crippen molar-refractivity contribution in [1.29, 1.82) is 0 Å². The summed E-state index contributed by atoms with van der Waals surface area (Å²) in [5, 5.41) is 2.27. The Bertz CT molecular complexity index is 133. The molecule has 0 aliphatic rings. The van der Waals surface area contributed by atoms with E-state index in [0.717, 1.165) is 0 Å². The van der Waals surface area contributed by atoms with E-state index in [0.29, 0.717) is 0 Å². The first kappa shape index (κ1) is 8.94. The summed E-state index contributed by atoms with van der Waals surface area (Å²) in [6.45, 7) is 1.61. The van der Waals surface area contributed by atoms with Gasteiger partial charge in [0.1, 0.15) is 12.4 Å². The maximum absolute atomic E-state index is 10.3. The second-order valence-corrected chi connectivity index (χ2v) is 1.84. The number of amides is 1. The first-order valence-corrected chi connectivity index (χ1v) is 3.00. The molecule has 1 amide bonds. The van der Waals surface area contributed by atoms with Gasteiger partial charge in [0.15, 0.2) is 0 Å². The molecular formula is C6H11NO3. The highest BCUT2D eigenvalue weighted by Gasteiger charge is 1.97. The molecule has 1 N–H and O–H groups in total. The molecule has 4 nitrogen and oxygen atoms in total. The van der Waals surface area contributed by atoms with Crippen LogP contribution in [-0.2, 0) is 9.53 Å². The number of hydrogen-bond acceptors (Lipinski definition) is 3. The smallest absolute Gasteiger partial charge is 0.406 e. The molecule has 4 heteroatoms. The van der Waals surface area contributed by atoms with E-state index in [1.807, 2.05) is 0 Å². The molecule has 0 radical (unpaired) electrons. The van der Waals surface area contributed by atoms with Crippen molar-refractivity contribution in [2.75, 3.05) is 13.7 Å². The van der Waals surface area contributed by atoms with E-state index < -0.39 is 6.09 Å². The fraction of sp³-hybridized carbons (Fsp3) is 0.667. The highest BCUT2D eigenvalue weighted by molar-refractivity contribution is 5.76. The lowest BCUT2D eigenvalue weighted by Gasteiger charge is -2.00. The summed E-state index contributed by atoms with van der Waals surface area (Å²) in [6.07, 6.45) is -0.214. The van der Waals surface area contributed by atoms with Gasteiger partial charge in [-0.3, -0.25) is 4.79 Å². The van der Waals surface area contributed by atoms with Gasteiger partial charge >= 0.3 is 6.09 Å². The van der Waals surface area contributed by atoms with Crippen LogP contribution in [0.15, 0.2) is 0 Å². The van der Waals surface area contributed by atoms with Gasteiger partial charge in [0, 0.05) is 13.5 Å². The van der Waals surface area contributed by atoms with Gasteiger partial charge < -0.3 is 10.1 Å². The van der Waals surface area contributed by atoms with Crippen LogP contribution >= 0.6 is 0 Å². The monoisotopic (exact) mass is 145 g/mol. The summed E-state index contributed by atoms with van der Waals surface area (Å²) >= 11 is 0. The van der Waals surface area contributed by atoms with Crippen LogP contribution in [0.3, 0.4) is 0 Å². The minimum Gasteiger partial charge on any atom is -0.449 e. The Morgan fingerprint density at radius 3 is 2.50 bits per heavy atom. The first-order chi connectivity index (χ1) is 4.66. The van der Waals surface area contributed by atoms with Gasteiger partial charge in [-0.1, -0.05) is 0 Å². The van der Waals surface area contributed by atoms with E-state index in [2.05, 4.69) is 10.1 Å². The zero-order valence-electron chi connectivity index (χ0n) is 6.14. The number of ketones is 1. The Hall–Kier alpha value is -1.06. The van der Waals surface area contributed by atoms with Crippen LogP contribution in [0.5, 0.6) is 0 Å². The Labute approximate surface area is 59.6 Å².